The van der Waals surface area contributed by atoms with E-state index >= 15 is 0 Å². The van der Waals surface area contributed by atoms with Crippen molar-refractivity contribution in [3.05, 3.63) is 35.9 Å². The Kier molecular flexibility index (Phi) is 4.96. The van der Waals surface area contributed by atoms with Crippen molar-refractivity contribution in [2.45, 2.75) is 38.3 Å². The molecule has 3 rings (SSSR count). The Balaban J connectivity index is 1.77. The zero-order valence-corrected chi connectivity index (χ0v) is 13.7. The fraction of sp³-hybridized carbons (Fsp3) is 0.556. The van der Waals surface area contributed by atoms with Crippen molar-refractivity contribution < 1.29 is 9.59 Å². The highest BCUT2D eigenvalue weighted by atomic mass is 16.2. The van der Waals surface area contributed by atoms with Gasteiger partial charge >= 0.3 is 0 Å². The molecule has 0 radical (unpaired) electrons. The van der Waals surface area contributed by atoms with Crippen LogP contribution >= 0.6 is 0 Å². The van der Waals surface area contributed by atoms with Gasteiger partial charge in [0.05, 0.1) is 0 Å². The second kappa shape index (κ2) is 7.13. The molecule has 0 aromatic heterocycles. The van der Waals surface area contributed by atoms with Crippen LogP contribution in [-0.4, -0.2) is 53.8 Å². The minimum absolute atomic E-state index is 0.0926. The average Bonchev–Trinajstić information content (AvgIpc) is 3.36. The molecule has 1 atom stereocenters. The van der Waals surface area contributed by atoms with Gasteiger partial charge < -0.3 is 10.2 Å². The first-order valence-electron chi connectivity index (χ1n) is 8.50. The topological polar surface area (TPSA) is 52.7 Å². The number of carbonyl (C=O) groups is 2. The molecule has 2 fully saturated rings. The average molecular weight is 315 g/mol. The lowest BCUT2D eigenvalue weighted by Gasteiger charge is -2.30. The fourth-order valence-electron chi connectivity index (χ4n) is 3.18. The third kappa shape index (κ3) is 4.10. The highest BCUT2D eigenvalue weighted by Crippen LogP contribution is 2.25. The van der Waals surface area contributed by atoms with Gasteiger partial charge in [-0.15, -0.1) is 0 Å². The van der Waals surface area contributed by atoms with Gasteiger partial charge in [0.2, 0.25) is 11.8 Å². The molecular weight excluding hydrogens is 290 g/mol. The third-order valence-corrected chi connectivity index (χ3v) is 4.63. The van der Waals surface area contributed by atoms with Gasteiger partial charge in [-0.05, 0) is 24.8 Å². The maximum atomic E-state index is 12.8. The van der Waals surface area contributed by atoms with Crippen LogP contribution in [0.15, 0.2) is 30.3 Å². The highest BCUT2D eigenvalue weighted by molar-refractivity contribution is 5.83. The van der Waals surface area contributed by atoms with Gasteiger partial charge in [-0.2, -0.15) is 0 Å². The van der Waals surface area contributed by atoms with E-state index in [-0.39, 0.29) is 17.9 Å². The third-order valence-electron chi connectivity index (χ3n) is 4.63. The van der Waals surface area contributed by atoms with Crippen molar-refractivity contribution in [1.82, 2.24) is 15.1 Å². The van der Waals surface area contributed by atoms with Crippen LogP contribution < -0.4 is 5.32 Å². The summed E-state index contributed by atoms with van der Waals surface area (Å²) >= 11 is 0. The molecule has 23 heavy (non-hydrogen) atoms. The Morgan fingerprint density at radius 2 is 1.83 bits per heavy atom. The number of nitrogens with one attached hydrogen (secondary N) is 1. The van der Waals surface area contributed by atoms with Crippen LogP contribution in [0.3, 0.4) is 0 Å². The maximum absolute atomic E-state index is 12.8. The lowest BCUT2D eigenvalue weighted by atomic mass is 10.0. The van der Waals surface area contributed by atoms with Crippen LogP contribution in [0.4, 0.5) is 0 Å². The van der Waals surface area contributed by atoms with Gasteiger partial charge in [0.25, 0.3) is 0 Å². The lowest BCUT2D eigenvalue weighted by molar-refractivity contribution is -0.128. The summed E-state index contributed by atoms with van der Waals surface area (Å²) < 4.78 is 0. The summed E-state index contributed by atoms with van der Waals surface area (Å²) in [5.74, 6) is 0.209. The van der Waals surface area contributed by atoms with Crippen molar-refractivity contribution in [1.29, 1.82) is 0 Å². The van der Waals surface area contributed by atoms with Crippen LogP contribution in [-0.2, 0) is 9.59 Å². The predicted octanol–water partition coefficient (Wildman–Crippen LogP) is 1.56. The summed E-state index contributed by atoms with van der Waals surface area (Å²) in [4.78, 5) is 28.5. The van der Waals surface area contributed by atoms with E-state index in [2.05, 4.69) is 10.2 Å². The molecule has 5 heteroatoms. The van der Waals surface area contributed by atoms with Crippen molar-refractivity contribution >= 4 is 11.8 Å². The number of amides is 2. The lowest BCUT2D eigenvalue weighted by Crippen LogP contribution is -2.43. The Labute approximate surface area is 137 Å². The predicted molar refractivity (Wildman–Crippen MR) is 88.8 cm³/mol. The molecule has 2 amide bonds. The van der Waals surface area contributed by atoms with Gasteiger partial charge in [-0.3, -0.25) is 14.5 Å². The maximum Gasteiger partial charge on any atom is 0.242 e. The van der Waals surface area contributed by atoms with Crippen LogP contribution in [0, 0.1) is 0 Å². The fourth-order valence-corrected chi connectivity index (χ4v) is 3.18. The van der Waals surface area contributed by atoms with E-state index in [1.54, 1.807) is 6.92 Å². The Bertz CT molecular complexity index is 557. The standard InChI is InChI=1S/C18H25N3O2/c1-14(22)20-10-5-11-21(13-12-20)17(15-6-3-2-4-7-15)18(23)19-16-8-9-16/h2-4,6-7,16-17H,5,8-13H2,1H3,(H,19,23)/t17-/m1/s1. The quantitative estimate of drug-likeness (QED) is 0.917. The number of hydrogen-bond acceptors (Lipinski definition) is 3. The van der Waals surface area contributed by atoms with Gasteiger partial charge in [-0.25, -0.2) is 0 Å². The molecule has 2 aliphatic rings. The summed E-state index contributed by atoms with van der Waals surface area (Å²) in [6.45, 7) is 4.65. The number of benzene rings is 1. The van der Waals surface area contributed by atoms with Crippen molar-refractivity contribution in [2.75, 3.05) is 26.2 Å². The first-order chi connectivity index (χ1) is 11.1. The Morgan fingerprint density at radius 1 is 1.09 bits per heavy atom. The number of hydrogen-bond donors (Lipinski definition) is 1. The Morgan fingerprint density at radius 3 is 2.48 bits per heavy atom. The second-order valence-corrected chi connectivity index (χ2v) is 6.49. The van der Waals surface area contributed by atoms with E-state index in [0.717, 1.165) is 44.5 Å². The molecule has 1 saturated carbocycles. The summed E-state index contributed by atoms with van der Waals surface area (Å²) in [6, 6.07) is 10.1. The zero-order chi connectivity index (χ0) is 16.2. The van der Waals surface area contributed by atoms with Crippen LogP contribution in [0.2, 0.25) is 0 Å². The molecule has 1 aliphatic heterocycles. The molecule has 5 nitrogen and oxygen atoms in total. The van der Waals surface area contributed by atoms with E-state index in [9.17, 15) is 9.59 Å². The van der Waals surface area contributed by atoms with E-state index in [4.69, 9.17) is 0 Å². The van der Waals surface area contributed by atoms with Crippen molar-refractivity contribution in [2.24, 2.45) is 0 Å². The first kappa shape index (κ1) is 16.0. The summed E-state index contributed by atoms with van der Waals surface area (Å²) in [5, 5.41) is 3.14. The molecule has 1 saturated heterocycles. The van der Waals surface area contributed by atoms with Crippen LogP contribution in [0.25, 0.3) is 0 Å². The molecule has 0 unspecified atom stereocenters. The van der Waals surface area contributed by atoms with Crippen LogP contribution in [0.1, 0.15) is 37.8 Å². The summed E-state index contributed by atoms with van der Waals surface area (Å²) in [5.41, 5.74) is 1.03. The molecule has 0 spiro atoms. The minimum atomic E-state index is -0.260. The van der Waals surface area contributed by atoms with Gasteiger partial charge in [0.1, 0.15) is 6.04 Å². The SMILES string of the molecule is CC(=O)N1CCCN([C@@H](C(=O)NC2CC2)c2ccccc2)CC1. The van der Waals surface area contributed by atoms with Crippen molar-refractivity contribution in [3.63, 3.8) is 0 Å². The largest absolute Gasteiger partial charge is 0.352 e. The van der Waals surface area contributed by atoms with Crippen molar-refractivity contribution in [3.8, 4) is 0 Å². The second-order valence-electron chi connectivity index (χ2n) is 6.49. The first-order valence-corrected chi connectivity index (χ1v) is 8.50. The molecule has 1 heterocycles. The monoisotopic (exact) mass is 315 g/mol. The minimum Gasteiger partial charge on any atom is -0.352 e. The van der Waals surface area contributed by atoms with E-state index < -0.39 is 0 Å². The van der Waals surface area contributed by atoms with Crippen LogP contribution in [0.5, 0.6) is 0 Å². The smallest absolute Gasteiger partial charge is 0.242 e. The van der Waals surface area contributed by atoms with Gasteiger partial charge in [0, 0.05) is 39.1 Å². The van der Waals surface area contributed by atoms with E-state index in [1.807, 2.05) is 35.2 Å². The molecule has 124 valence electrons. The van der Waals surface area contributed by atoms with Gasteiger partial charge in [0.15, 0.2) is 0 Å². The Hall–Kier alpha value is -1.88. The molecule has 1 N–H and O–H groups in total. The summed E-state index contributed by atoms with van der Waals surface area (Å²) in [6.07, 6.45) is 3.08. The molecule has 1 aliphatic carbocycles. The molecule has 1 aromatic rings. The normalized spacial score (nSPS) is 20.7. The zero-order valence-electron chi connectivity index (χ0n) is 13.7. The van der Waals surface area contributed by atoms with E-state index in [1.165, 1.54) is 0 Å². The summed E-state index contributed by atoms with van der Waals surface area (Å²) in [7, 11) is 0. The number of nitrogens with zero attached hydrogens (tertiary/aromatic N) is 2. The molecule has 1 aromatic carbocycles. The molecule has 0 bridgehead atoms. The van der Waals surface area contributed by atoms with Gasteiger partial charge in [-0.1, -0.05) is 30.3 Å². The highest BCUT2D eigenvalue weighted by Gasteiger charge is 2.33. The van der Waals surface area contributed by atoms with E-state index in [0.29, 0.717) is 12.6 Å². The number of rotatable bonds is 4. The molecular formula is C18H25N3O2. The number of carbonyl (C=O) groups excluding carboxylic acids is 2.